The lowest BCUT2D eigenvalue weighted by atomic mass is 10.0. The van der Waals surface area contributed by atoms with Crippen LogP contribution in [0.5, 0.6) is 11.5 Å². The Bertz CT molecular complexity index is 685. The van der Waals surface area contributed by atoms with Crippen molar-refractivity contribution in [3.05, 3.63) is 56.0 Å². The van der Waals surface area contributed by atoms with Crippen LogP contribution in [0.25, 0.3) is 0 Å². The number of halogens is 6. The standard InChI is InChI=1S/C13H6BrClF4O2/c14-9-11(18)6(12(19)10(15)13(9)21)3-5-7(16)1-4(20)2-8(5)17/h1-2,20-21H,3H2. The molecule has 2 aromatic rings. The van der Waals surface area contributed by atoms with Gasteiger partial charge in [0.05, 0.1) is 4.47 Å². The van der Waals surface area contributed by atoms with Gasteiger partial charge in [-0.25, -0.2) is 17.6 Å². The van der Waals surface area contributed by atoms with E-state index in [2.05, 4.69) is 15.9 Å². The molecule has 2 rings (SSSR count). The molecule has 0 radical (unpaired) electrons. The predicted octanol–water partition coefficient (Wildman–Crippen LogP) is 4.66. The first-order valence-electron chi connectivity index (χ1n) is 5.44. The first kappa shape index (κ1) is 15.9. The van der Waals surface area contributed by atoms with Gasteiger partial charge < -0.3 is 10.2 Å². The molecule has 0 saturated carbocycles. The van der Waals surface area contributed by atoms with Crippen molar-refractivity contribution in [3.63, 3.8) is 0 Å². The fraction of sp³-hybridized carbons (Fsp3) is 0.0769. The second kappa shape index (κ2) is 5.73. The van der Waals surface area contributed by atoms with Gasteiger partial charge in [0.1, 0.15) is 28.2 Å². The number of hydrogen-bond acceptors (Lipinski definition) is 2. The fourth-order valence-corrected chi connectivity index (χ4v) is 2.52. The molecule has 0 aliphatic carbocycles. The lowest BCUT2D eigenvalue weighted by Crippen LogP contribution is -2.04. The zero-order valence-corrected chi connectivity index (χ0v) is 12.4. The molecule has 2 nitrogen and oxygen atoms in total. The predicted molar refractivity (Wildman–Crippen MR) is 71.6 cm³/mol. The summed E-state index contributed by atoms with van der Waals surface area (Å²) >= 11 is 8.16. The third-order valence-corrected chi connectivity index (χ3v) is 3.88. The lowest BCUT2D eigenvalue weighted by Gasteiger charge is -2.12. The van der Waals surface area contributed by atoms with E-state index in [1.807, 2.05) is 0 Å². The highest BCUT2D eigenvalue weighted by Crippen LogP contribution is 2.39. The summed E-state index contributed by atoms with van der Waals surface area (Å²) in [6, 6.07) is 1.23. The van der Waals surface area contributed by atoms with Gasteiger partial charge in [-0.2, -0.15) is 0 Å². The maximum atomic E-state index is 13.9. The number of aromatic hydroxyl groups is 2. The molecule has 0 saturated heterocycles. The summed E-state index contributed by atoms with van der Waals surface area (Å²) in [5.74, 6) is -6.36. The molecular formula is C13H6BrClF4O2. The van der Waals surface area contributed by atoms with E-state index in [-0.39, 0.29) is 0 Å². The molecule has 0 aliphatic heterocycles. The van der Waals surface area contributed by atoms with E-state index in [9.17, 15) is 22.7 Å². The molecule has 0 spiro atoms. The Labute approximate surface area is 129 Å². The summed E-state index contributed by atoms with van der Waals surface area (Å²) in [6.07, 6.45) is -0.784. The van der Waals surface area contributed by atoms with Crippen LogP contribution in [0.2, 0.25) is 5.02 Å². The maximum Gasteiger partial charge on any atom is 0.154 e. The number of phenols is 2. The van der Waals surface area contributed by atoms with E-state index in [0.29, 0.717) is 12.1 Å². The quantitative estimate of drug-likeness (QED) is 0.583. The molecule has 0 fully saturated rings. The molecule has 0 aromatic heterocycles. The Morgan fingerprint density at radius 3 is 2.00 bits per heavy atom. The fourth-order valence-electron chi connectivity index (χ4n) is 1.76. The average Bonchev–Trinajstić information content (AvgIpc) is 2.41. The van der Waals surface area contributed by atoms with Crippen LogP contribution in [0.1, 0.15) is 11.1 Å². The molecule has 0 atom stereocenters. The van der Waals surface area contributed by atoms with Gasteiger partial charge in [0.25, 0.3) is 0 Å². The normalized spacial score (nSPS) is 11.0. The Balaban J connectivity index is 2.61. The first-order valence-corrected chi connectivity index (χ1v) is 6.61. The zero-order chi connectivity index (χ0) is 15.9. The van der Waals surface area contributed by atoms with Crippen molar-refractivity contribution in [3.8, 4) is 11.5 Å². The monoisotopic (exact) mass is 384 g/mol. The molecular weight excluding hydrogens is 379 g/mol. The summed E-state index contributed by atoms with van der Waals surface area (Å²) in [7, 11) is 0. The van der Waals surface area contributed by atoms with Crippen molar-refractivity contribution in [2.45, 2.75) is 6.42 Å². The Kier molecular flexibility index (Phi) is 4.34. The number of rotatable bonds is 2. The van der Waals surface area contributed by atoms with Crippen LogP contribution in [0.3, 0.4) is 0 Å². The molecule has 8 heteroatoms. The van der Waals surface area contributed by atoms with Crippen molar-refractivity contribution in [1.82, 2.24) is 0 Å². The van der Waals surface area contributed by atoms with Gasteiger partial charge in [-0.1, -0.05) is 11.6 Å². The third kappa shape index (κ3) is 2.80. The van der Waals surface area contributed by atoms with Gasteiger partial charge in [-0.05, 0) is 15.9 Å². The molecule has 0 unspecified atom stereocenters. The minimum Gasteiger partial charge on any atom is -0.508 e. The van der Waals surface area contributed by atoms with Gasteiger partial charge in [-0.3, -0.25) is 0 Å². The number of benzene rings is 2. The largest absolute Gasteiger partial charge is 0.508 e. The molecule has 0 amide bonds. The van der Waals surface area contributed by atoms with Gasteiger partial charge >= 0.3 is 0 Å². The van der Waals surface area contributed by atoms with Gasteiger partial charge in [0, 0.05) is 29.7 Å². The van der Waals surface area contributed by atoms with Crippen LogP contribution in [-0.2, 0) is 6.42 Å². The minimum atomic E-state index is -1.32. The van der Waals surface area contributed by atoms with Crippen molar-refractivity contribution >= 4 is 27.5 Å². The van der Waals surface area contributed by atoms with Crippen molar-refractivity contribution in [1.29, 1.82) is 0 Å². The van der Waals surface area contributed by atoms with Crippen LogP contribution in [0.15, 0.2) is 16.6 Å². The summed E-state index contributed by atoms with van der Waals surface area (Å²) in [6.45, 7) is 0. The molecule has 0 bridgehead atoms. The van der Waals surface area contributed by atoms with Crippen molar-refractivity contribution < 1.29 is 27.8 Å². The van der Waals surface area contributed by atoms with E-state index in [4.69, 9.17) is 16.7 Å². The first-order chi connectivity index (χ1) is 9.73. The molecule has 0 aliphatic rings. The van der Waals surface area contributed by atoms with Crippen molar-refractivity contribution in [2.75, 3.05) is 0 Å². The summed E-state index contributed by atoms with van der Waals surface area (Å²) in [5, 5.41) is 17.6. The van der Waals surface area contributed by atoms with Crippen LogP contribution >= 0.6 is 27.5 Å². The Hall–Kier alpha value is -1.47. The highest BCUT2D eigenvalue weighted by atomic mass is 79.9. The Morgan fingerprint density at radius 2 is 1.48 bits per heavy atom. The topological polar surface area (TPSA) is 40.5 Å². The maximum absolute atomic E-state index is 13.9. The van der Waals surface area contributed by atoms with Gasteiger partial charge in [0.15, 0.2) is 11.6 Å². The summed E-state index contributed by atoms with van der Waals surface area (Å²) in [5.41, 5.74) is -1.35. The lowest BCUT2D eigenvalue weighted by molar-refractivity contribution is 0.450. The summed E-state index contributed by atoms with van der Waals surface area (Å²) < 4.78 is 54.5. The van der Waals surface area contributed by atoms with Crippen LogP contribution in [-0.4, -0.2) is 10.2 Å². The molecule has 0 heterocycles. The van der Waals surface area contributed by atoms with E-state index >= 15 is 0 Å². The zero-order valence-electron chi connectivity index (χ0n) is 10.0. The Morgan fingerprint density at radius 1 is 0.952 bits per heavy atom. The smallest absolute Gasteiger partial charge is 0.154 e. The highest BCUT2D eigenvalue weighted by Gasteiger charge is 2.24. The molecule has 2 aromatic carbocycles. The van der Waals surface area contributed by atoms with E-state index < -0.39 is 61.8 Å². The SMILES string of the molecule is Oc1cc(F)c(Cc2c(F)c(Cl)c(O)c(Br)c2F)c(F)c1. The number of phenolic OH excluding ortho intramolecular Hbond substituents is 2. The molecule has 112 valence electrons. The molecule has 21 heavy (non-hydrogen) atoms. The second-order valence-electron chi connectivity index (χ2n) is 4.15. The number of hydrogen-bond donors (Lipinski definition) is 2. The van der Waals surface area contributed by atoms with Crippen LogP contribution in [0.4, 0.5) is 17.6 Å². The second-order valence-corrected chi connectivity index (χ2v) is 5.32. The molecule has 2 N–H and O–H groups in total. The van der Waals surface area contributed by atoms with Crippen LogP contribution in [0, 0.1) is 23.3 Å². The van der Waals surface area contributed by atoms with Crippen LogP contribution < -0.4 is 0 Å². The van der Waals surface area contributed by atoms with E-state index in [1.165, 1.54) is 0 Å². The van der Waals surface area contributed by atoms with E-state index in [0.717, 1.165) is 0 Å². The highest BCUT2D eigenvalue weighted by molar-refractivity contribution is 9.10. The average molecular weight is 386 g/mol. The minimum absolute atomic E-state index is 0.511. The van der Waals surface area contributed by atoms with Gasteiger partial charge in [0.2, 0.25) is 0 Å². The van der Waals surface area contributed by atoms with E-state index in [1.54, 1.807) is 0 Å². The summed E-state index contributed by atoms with van der Waals surface area (Å²) in [4.78, 5) is 0. The van der Waals surface area contributed by atoms with Crippen molar-refractivity contribution in [2.24, 2.45) is 0 Å². The third-order valence-electron chi connectivity index (χ3n) is 2.81. The van der Waals surface area contributed by atoms with Gasteiger partial charge in [-0.15, -0.1) is 0 Å².